The Labute approximate surface area is 133 Å². The second-order valence-electron chi connectivity index (χ2n) is 5.40. The highest BCUT2D eigenvalue weighted by Gasteiger charge is 2.19. The van der Waals surface area contributed by atoms with Crippen LogP contribution >= 0.6 is 15.9 Å². The van der Waals surface area contributed by atoms with Gasteiger partial charge >= 0.3 is 0 Å². The summed E-state index contributed by atoms with van der Waals surface area (Å²) >= 11 is 3.48. The van der Waals surface area contributed by atoms with Gasteiger partial charge in [0.2, 0.25) is 5.95 Å². The summed E-state index contributed by atoms with van der Waals surface area (Å²) in [5.41, 5.74) is 3.35. The van der Waals surface area contributed by atoms with Gasteiger partial charge < -0.3 is 9.80 Å². The number of nitrogens with zero attached hydrogens (tertiary/aromatic N) is 4. The van der Waals surface area contributed by atoms with E-state index in [-0.39, 0.29) is 0 Å². The third kappa shape index (κ3) is 3.35. The van der Waals surface area contributed by atoms with E-state index in [4.69, 9.17) is 0 Å². The molecule has 110 valence electrons. The quantitative estimate of drug-likeness (QED) is 0.835. The number of halogens is 1. The van der Waals surface area contributed by atoms with E-state index in [0.29, 0.717) is 0 Å². The molecule has 0 aliphatic carbocycles. The van der Waals surface area contributed by atoms with Crippen LogP contribution in [0.2, 0.25) is 0 Å². The first kappa shape index (κ1) is 14.3. The molecule has 1 aliphatic rings. The average molecular weight is 347 g/mol. The molecule has 1 fully saturated rings. The maximum absolute atomic E-state index is 4.56. The topological polar surface area (TPSA) is 32.3 Å². The fraction of sp³-hybridized carbons (Fsp3) is 0.375. The summed E-state index contributed by atoms with van der Waals surface area (Å²) in [5, 5.41) is 0. The van der Waals surface area contributed by atoms with E-state index >= 15 is 0 Å². The summed E-state index contributed by atoms with van der Waals surface area (Å²) in [6, 6.07) is 10.5. The van der Waals surface area contributed by atoms with Crippen molar-refractivity contribution in [1.29, 1.82) is 0 Å². The smallest absolute Gasteiger partial charge is 0.225 e. The molecule has 0 amide bonds. The van der Waals surface area contributed by atoms with Crippen molar-refractivity contribution in [2.24, 2.45) is 0 Å². The lowest BCUT2D eigenvalue weighted by molar-refractivity contribution is 0.638. The van der Waals surface area contributed by atoms with E-state index in [1.165, 1.54) is 5.69 Å². The number of piperazine rings is 1. The molecular formula is C16H19BrN4. The predicted molar refractivity (Wildman–Crippen MR) is 90.1 cm³/mol. The van der Waals surface area contributed by atoms with E-state index in [1.807, 2.05) is 19.9 Å². The Morgan fingerprint density at radius 2 is 1.38 bits per heavy atom. The van der Waals surface area contributed by atoms with Crippen LogP contribution in [0.3, 0.4) is 0 Å². The Kier molecular flexibility index (Phi) is 4.10. The zero-order valence-corrected chi connectivity index (χ0v) is 14.0. The fourth-order valence-electron chi connectivity index (χ4n) is 2.67. The number of aromatic nitrogens is 2. The van der Waals surface area contributed by atoms with Crippen LogP contribution in [-0.4, -0.2) is 36.1 Å². The first-order chi connectivity index (χ1) is 10.1. The SMILES string of the molecule is Cc1cc(C)nc(N2CCN(c3ccc(Br)cc3)CC2)n1. The van der Waals surface area contributed by atoms with Crippen LogP contribution in [0.5, 0.6) is 0 Å². The maximum atomic E-state index is 4.56. The first-order valence-electron chi connectivity index (χ1n) is 7.19. The van der Waals surface area contributed by atoms with E-state index in [0.717, 1.165) is 48.0 Å². The van der Waals surface area contributed by atoms with Crippen molar-refractivity contribution in [3.63, 3.8) is 0 Å². The standard InChI is InChI=1S/C16H19BrN4/c1-12-11-13(2)19-16(18-12)21-9-7-20(8-10-21)15-5-3-14(17)4-6-15/h3-6,11H,7-10H2,1-2H3. The molecule has 1 aromatic heterocycles. The van der Waals surface area contributed by atoms with E-state index in [9.17, 15) is 0 Å². The van der Waals surface area contributed by atoms with Crippen LogP contribution in [0.1, 0.15) is 11.4 Å². The summed E-state index contributed by atoms with van der Waals surface area (Å²) in [4.78, 5) is 13.8. The molecular weight excluding hydrogens is 328 g/mol. The molecule has 4 nitrogen and oxygen atoms in total. The number of anilines is 2. The lowest BCUT2D eigenvalue weighted by Gasteiger charge is -2.36. The van der Waals surface area contributed by atoms with Gasteiger partial charge in [-0.05, 0) is 44.2 Å². The molecule has 3 rings (SSSR count). The van der Waals surface area contributed by atoms with Crippen molar-refractivity contribution < 1.29 is 0 Å². The summed E-state index contributed by atoms with van der Waals surface area (Å²) < 4.78 is 1.12. The molecule has 5 heteroatoms. The van der Waals surface area contributed by atoms with E-state index in [1.54, 1.807) is 0 Å². The van der Waals surface area contributed by atoms with Gasteiger partial charge in [0.15, 0.2) is 0 Å². The van der Waals surface area contributed by atoms with Gasteiger partial charge in [0.25, 0.3) is 0 Å². The molecule has 1 aromatic carbocycles. The molecule has 1 saturated heterocycles. The fourth-order valence-corrected chi connectivity index (χ4v) is 2.93. The van der Waals surface area contributed by atoms with Gasteiger partial charge in [0.1, 0.15) is 0 Å². The van der Waals surface area contributed by atoms with Crippen LogP contribution in [-0.2, 0) is 0 Å². The monoisotopic (exact) mass is 346 g/mol. The number of hydrogen-bond donors (Lipinski definition) is 0. The zero-order chi connectivity index (χ0) is 14.8. The number of aryl methyl sites for hydroxylation is 2. The number of benzene rings is 1. The first-order valence-corrected chi connectivity index (χ1v) is 7.99. The van der Waals surface area contributed by atoms with Gasteiger partial charge in [-0.3, -0.25) is 0 Å². The average Bonchev–Trinajstić information content (AvgIpc) is 2.47. The highest BCUT2D eigenvalue weighted by atomic mass is 79.9. The van der Waals surface area contributed by atoms with Crippen LogP contribution in [0, 0.1) is 13.8 Å². The Bertz CT molecular complexity index is 598. The van der Waals surface area contributed by atoms with Crippen molar-refractivity contribution >= 4 is 27.6 Å². The predicted octanol–water partition coefficient (Wildman–Crippen LogP) is 3.18. The molecule has 0 bridgehead atoms. The molecule has 0 saturated carbocycles. The van der Waals surface area contributed by atoms with Crippen molar-refractivity contribution in [3.05, 3.63) is 46.2 Å². The second-order valence-corrected chi connectivity index (χ2v) is 6.32. The molecule has 21 heavy (non-hydrogen) atoms. The highest BCUT2D eigenvalue weighted by Crippen LogP contribution is 2.21. The third-order valence-corrected chi connectivity index (χ3v) is 4.25. The zero-order valence-electron chi connectivity index (χ0n) is 12.4. The minimum atomic E-state index is 0.864. The minimum absolute atomic E-state index is 0.864. The molecule has 2 heterocycles. The molecule has 0 N–H and O–H groups in total. The van der Waals surface area contributed by atoms with Gasteiger partial charge in [-0.2, -0.15) is 0 Å². The van der Waals surface area contributed by atoms with E-state index in [2.05, 4.69) is 60.0 Å². The van der Waals surface area contributed by atoms with E-state index < -0.39 is 0 Å². The Morgan fingerprint density at radius 1 is 0.857 bits per heavy atom. The molecule has 0 atom stereocenters. The molecule has 2 aromatic rings. The Balaban J connectivity index is 1.68. The van der Waals surface area contributed by atoms with Crippen LogP contribution in [0.25, 0.3) is 0 Å². The number of rotatable bonds is 2. The Morgan fingerprint density at radius 3 is 1.95 bits per heavy atom. The van der Waals surface area contributed by atoms with Crippen LogP contribution in [0.4, 0.5) is 11.6 Å². The number of hydrogen-bond acceptors (Lipinski definition) is 4. The van der Waals surface area contributed by atoms with Crippen molar-refractivity contribution in [2.45, 2.75) is 13.8 Å². The van der Waals surface area contributed by atoms with Crippen molar-refractivity contribution in [2.75, 3.05) is 36.0 Å². The largest absolute Gasteiger partial charge is 0.368 e. The lowest BCUT2D eigenvalue weighted by atomic mass is 10.2. The Hall–Kier alpha value is -1.62. The van der Waals surface area contributed by atoms with Crippen LogP contribution in [0.15, 0.2) is 34.8 Å². The molecule has 0 spiro atoms. The normalized spacial score (nSPS) is 15.4. The summed E-state index contributed by atoms with van der Waals surface area (Å²) in [6.07, 6.45) is 0. The van der Waals surface area contributed by atoms with Crippen molar-refractivity contribution in [1.82, 2.24) is 9.97 Å². The van der Waals surface area contributed by atoms with Gasteiger partial charge in [-0.1, -0.05) is 15.9 Å². The highest BCUT2D eigenvalue weighted by molar-refractivity contribution is 9.10. The molecule has 0 radical (unpaired) electrons. The third-order valence-electron chi connectivity index (χ3n) is 3.72. The van der Waals surface area contributed by atoms with Crippen LogP contribution < -0.4 is 9.80 Å². The second kappa shape index (κ2) is 6.02. The summed E-state index contributed by atoms with van der Waals surface area (Å²) in [7, 11) is 0. The van der Waals surface area contributed by atoms with Gasteiger partial charge in [-0.15, -0.1) is 0 Å². The molecule has 0 unspecified atom stereocenters. The van der Waals surface area contributed by atoms with Gasteiger partial charge in [0, 0.05) is 47.7 Å². The van der Waals surface area contributed by atoms with Gasteiger partial charge in [-0.25, -0.2) is 9.97 Å². The maximum Gasteiger partial charge on any atom is 0.225 e. The summed E-state index contributed by atoms with van der Waals surface area (Å²) in [6.45, 7) is 7.96. The summed E-state index contributed by atoms with van der Waals surface area (Å²) in [5.74, 6) is 0.864. The minimum Gasteiger partial charge on any atom is -0.368 e. The lowest BCUT2D eigenvalue weighted by Crippen LogP contribution is -2.47. The van der Waals surface area contributed by atoms with Gasteiger partial charge in [0.05, 0.1) is 0 Å². The molecule has 1 aliphatic heterocycles. The van der Waals surface area contributed by atoms with Crippen molar-refractivity contribution in [3.8, 4) is 0 Å².